The molecule has 0 aliphatic heterocycles. The molecule has 2 aromatic carbocycles. The summed E-state index contributed by atoms with van der Waals surface area (Å²) in [6, 6.07) is 13.0. The molecule has 2 N–H and O–H groups in total. The lowest BCUT2D eigenvalue weighted by Crippen LogP contribution is -1.91. The minimum Gasteiger partial charge on any atom is -0.323 e. The van der Waals surface area contributed by atoms with E-state index in [1.807, 2.05) is 30.3 Å². The van der Waals surface area contributed by atoms with Crippen molar-refractivity contribution >= 4 is 18.4 Å². The first-order chi connectivity index (χ1) is 7.62. The Morgan fingerprint density at radius 1 is 1.12 bits per heavy atom. The van der Waals surface area contributed by atoms with Crippen molar-refractivity contribution in [2.24, 2.45) is 0 Å². The van der Waals surface area contributed by atoms with Crippen LogP contribution in [0.3, 0.4) is 0 Å². The van der Waals surface area contributed by atoms with Gasteiger partial charge in [-0.05, 0) is 16.3 Å². The van der Waals surface area contributed by atoms with Gasteiger partial charge in [0.2, 0.25) is 0 Å². The fraction of sp³-hybridized carbons (Fsp3) is 0.0909. The zero-order chi connectivity index (χ0) is 11.6. The zero-order valence-corrected chi connectivity index (χ0v) is 9.30. The maximum absolute atomic E-state index is 11.3. The van der Waals surface area contributed by atoms with E-state index in [0.29, 0.717) is 5.56 Å². The molecular weight excluding hydrogens is 227 g/mol. The molecule has 4 nitrogen and oxygen atoms in total. The summed E-state index contributed by atoms with van der Waals surface area (Å²) < 4.78 is 14.9. The highest BCUT2D eigenvalue weighted by Crippen LogP contribution is 2.45. The molecule has 0 fully saturated rings. The first kappa shape index (κ1) is 11.3. The number of benzene rings is 2. The van der Waals surface area contributed by atoms with Crippen molar-refractivity contribution in [3.63, 3.8) is 0 Å². The van der Waals surface area contributed by atoms with Crippen molar-refractivity contribution in [1.82, 2.24) is 0 Å². The minimum absolute atomic E-state index is 0.204. The maximum Gasteiger partial charge on any atom is 0.359 e. The monoisotopic (exact) mass is 238 g/mol. The molecule has 2 rings (SSSR count). The topological polar surface area (TPSA) is 66.8 Å². The Morgan fingerprint density at radius 2 is 1.81 bits per heavy atom. The lowest BCUT2D eigenvalue weighted by molar-refractivity contribution is -0.146. The van der Waals surface area contributed by atoms with Crippen molar-refractivity contribution in [2.45, 2.75) is 6.16 Å². The van der Waals surface area contributed by atoms with E-state index in [1.165, 1.54) is 0 Å². The molecule has 0 saturated carbocycles. The van der Waals surface area contributed by atoms with Gasteiger partial charge in [0.15, 0.2) is 0 Å². The number of hydrogen-bond donors (Lipinski definition) is 2. The average molecular weight is 238 g/mol. The summed E-state index contributed by atoms with van der Waals surface area (Å²) in [6.07, 6.45) is -0.204. The molecule has 5 heteroatoms. The van der Waals surface area contributed by atoms with Gasteiger partial charge in [-0.15, -0.1) is 0 Å². The average Bonchev–Trinajstić information content (AvgIpc) is 2.29. The van der Waals surface area contributed by atoms with E-state index >= 15 is 0 Å². The molecule has 16 heavy (non-hydrogen) atoms. The fourth-order valence-electron chi connectivity index (χ4n) is 1.67. The van der Waals surface area contributed by atoms with Crippen LogP contribution in [-0.4, -0.2) is 10.2 Å². The summed E-state index contributed by atoms with van der Waals surface area (Å²) in [5, 5.41) is 10.2. The van der Waals surface area contributed by atoms with E-state index in [2.05, 4.69) is 4.67 Å². The molecule has 2 aromatic rings. The third kappa shape index (κ3) is 2.31. The zero-order valence-electron chi connectivity index (χ0n) is 8.41. The van der Waals surface area contributed by atoms with Gasteiger partial charge < -0.3 is 4.89 Å². The van der Waals surface area contributed by atoms with Crippen LogP contribution >= 0.6 is 7.60 Å². The van der Waals surface area contributed by atoms with Crippen molar-refractivity contribution in [3.05, 3.63) is 48.0 Å². The van der Waals surface area contributed by atoms with Gasteiger partial charge in [-0.25, -0.2) is 5.26 Å². The number of rotatable bonds is 3. The van der Waals surface area contributed by atoms with Gasteiger partial charge in [-0.3, -0.25) is 4.57 Å². The Labute approximate surface area is 92.6 Å². The first-order valence-corrected chi connectivity index (χ1v) is 6.50. The molecule has 0 aliphatic rings. The van der Waals surface area contributed by atoms with Crippen LogP contribution in [0.1, 0.15) is 5.56 Å². The van der Waals surface area contributed by atoms with Crippen LogP contribution in [-0.2, 0) is 15.4 Å². The van der Waals surface area contributed by atoms with E-state index in [-0.39, 0.29) is 6.16 Å². The van der Waals surface area contributed by atoms with Gasteiger partial charge in [-0.2, -0.15) is 4.67 Å². The van der Waals surface area contributed by atoms with Gasteiger partial charge in [0.1, 0.15) is 0 Å². The molecular formula is C11H11O4P. The predicted molar refractivity (Wildman–Crippen MR) is 61.2 cm³/mol. The van der Waals surface area contributed by atoms with Gasteiger partial charge in [0.25, 0.3) is 0 Å². The molecule has 0 aliphatic carbocycles. The largest absolute Gasteiger partial charge is 0.359 e. The summed E-state index contributed by atoms with van der Waals surface area (Å²) in [7, 11) is -3.94. The quantitative estimate of drug-likeness (QED) is 0.490. The smallest absolute Gasteiger partial charge is 0.323 e. The van der Waals surface area contributed by atoms with E-state index < -0.39 is 7.60 Å². The molecule has 0 aromatic heterocycles. The van der Waals surface area contributed by atoms with E-state index in [0.717, 1.165) is 10.8 Å². The van der Waals surface area contributed by atoms with Gasteiger partial charge >= 0.3 is 7.60 Å². The number of fused-ring (bicyclic) bond motifs is 1. The Kier molecular flexibility index (Phi) is 3.08. The van der Waals surface area contributed by atoms with Gasteiger partial charge in [0, 0.05) is 0 Å². The van der Waals surface area contributed by atoms with Crippen LogP contribution in [0.15, 0.2) is 42.5 Å². The van der Waals surface area contributed by atoms with Crippen LogP contribution < -0.4 is 0 Å². The van der Waals surface area contributed by atoms with Crippen molar-refractivity contribution < 1.29 is 19.4 Å². The Balaban J connectivity index is 2.49. The summed E-state index contributed by atoms with van der Waals surface area (Å²) in [6.45, 7) is 0. The third-order valence-electron chi connectivity index (χ3n) is 2.38. The second-order valence-electron chi connectivity index (χ2n) is 3.52. The first-order valence-electron chi connectivity index (χ1n) is 4.74. The predicted octanol–water partition coefficient (Wildman–Crippen LogP) is 3.01. The summed E-state index contributed by atoms with van der Waals surface area (Å²) in [5.74, 6) is 0. The number of hydrogen-bond acceptors (Lipinski definition) is 3. The van der Waals surface area contributed by atoms with Crippen molar-refractivity contribution in [1.29, 1.82) is 0 Å². The summed E-state index contributed by atoms with van der Waals surface area (Å²) in [5.41, 5.74) is 0.679. The van der Waals surface area contributed by atoms with Gasteiger partial charge in [0.05, 0.1) is 6.16 Å². The van der Waals surface area contributed by atoms with E-state index in [4.69, 9.17) is 5.26 Å². The normalized spacial score (nSPS) is 14.9. The fourth-order valence-corrected chi connectivity index (χ4v) is 2.44. The van der Waals surface area contributed by atoms with Crippen LogP contribution in [0.4, 0.5) is 0 Å². The molecule has 84 valence electrons. The van der Waals surface area contributed by atoms with Crippen molar-refractivity contribution in [2.75, 3.05) is 0 Å². The maximum atomic E-state index is 11.3. The van der Waals surface area contributed by atoms with Crippen LogP contribution in [0.25, 0.3) is 10.8 Å². The Bertz CT molecular complexity index is 547. The Morgan fingerprint density at radius 3 is 2.56 bits per heavy atom. The van der Waals surface area contributed by atoms with Gasteiger partial charge in [-0.1, -0.05) is 42.5 Å². The van der Waals surface area contributed by atoms with Crippen LogP contribution in [0.5, 0.6) is 0 Å². The van der Waals surface area contributed by atoms with Crippen LogP contribution in [0.2, 0.25) is 0 Å². The molecule has 0 amide bonds. The van der Waals surface area contributed by atoms with Crippen LogP contribution in [0, 0.1) is 0 Å². The highest BCUT2D eigenvalue weighted by atomic mass is 31.2. The molecule has 0 bridgehead atoms. The van der Waals surface area contributed by atoms with E-state index in [9.17, 15) is 9.46 Å². The summed E-state index contributed by atoms with van der Waals surface area (Å²) >= 11 is 0. The highest BCUT2D eigenvalue weighted by molar-refractivity contribution is 7.51. The molecule has 0 spiro atoms. The van der Waals surface area contributed by atoms with E-state index in [1.54, 1.807) is 12.1 Å². The molecule has 1 atom stereocenters. The lowest BCUT2D eigenvalue weighted by Gasteiger charge is -2.09. The second kappa shape index (κ2) is 4.36. The minimum atomic E-state index is -3.94. The summed E-state index contributed by atoms with van der Waals surface area (Å²) in [4.78, 5) is 9.22. The SMILES string of the molecule is O=P(O)(Cc1cccc2ccccc12)OO. The Hall–Kier alpha value is -1.19. The molecule has 1 unspecified atom stereocenters. The molecule has 0 radical (unpaired) electrons. The second-order valence-corrected chi connectivity index (χ2v) is 5.27. The lowest BCUT2D eigenvalue weighted by atomic mass is 10.1. The standard InChI is InChI=1S/C11H11O4P/c12-15-16(13,14)8-10-6-3-5-9-4-1-2-7-11(9)10/h1-7,12H,8H2,(H,13,14). The molecule has 0 saturated heterocycles. The third-order valence-corrected chi connectivity index (χ3v) is 3.37. The molecule has 0 heterocycles. The van der Waals surface area contributed by atoms with Crippen molar-refractivity contribution in [3.8, 4) is 0 Å². The highest BCUT2D eigenvalue weighted by Gasteiger charge is 2.20.